The fourth-order valence-electron chi connectivity index (χ4n) is 6.64. The van der Waals surface area contributed by atoms with Gasteiger partial charge in [0.05, 0.1) is 6.20 Å². The number of thiophene rings is 2. The van der Waals surface area contributed by atoms with E-state index in [-0.39, 0.29) is 0 Å². The van der Waals surface area contributed by atoms with E-state index in [1.807, 2.05) is 28.9 Å². The van der Waals surface area contributed by atoms with Crippen LogP contribution >= 0.6 is 22.7 Å². The summed E-state index contributed by atoms with van der Waals surface area (Å²) in [5, 5.41) is 9.53. The SMILES string of the molecule is c1ccc2c(c1)ccc1c3cc(N(c4ccc5sc6ccccc6c5c4)c4ccc5sc6ccccc6c5c4)ncc3oc21. The summed E-state index contributed by atoms with van der Waals surface area (Å²) in [4.78, 5) is 7.32. The highest BCUT2D eigenvalue weighted by atomic mass is 32.1. The first-order valence-electron chi connectivity index (χ1n) is 14.6. The average molecular weight is 599 g/mol. The number of hydrogen-bond donors (Lipinski definition) is 0. The molecule has 0 saturated heterocycles. The highest BCUT2D eigenvalue weighted by Crippen LogP contribution is 2.44. The Morgan fingerprint density at radius 1 is 0.477 bits per heavy atom. The number of furan rings is 1. The normalized spacial score (nSPS) is 12.1. The van der Waals surface area contributed by atoms with Crippen molar-refractivity contribution in [3.05, 3.63) is 134 Å². The van der Waals surface area contributed by atoms with Gasteiger partial charge < -0.3 is 4.42 Å². The molecular weight excluding hydrogens is 577 g/mol. The first-order chi connectivity index (χ1) is 21.8. The first-order valence-corrected chi connectivity index (χ1v) is 16.2. The second-order valence-corrected chi connectivity index (χ2v) is 13.4. The number of hydrogen-bond acceptors (Lipinski definition) is 5. The van der Waals surface area contributed by atoms with Gasteiger partial charge in [-0.05, 0) is 66.0 Å². The number of rotatable bonds is 3. The summed E-state index contributed by atoms with van der Waals surface area (Å²) in [7, 11) is 0. The van der Waals surface area contributed by atoms with Crippen LogP contribution in [-0.2, 0) is 0 Å². The molecule has 0 bridgehead atoms. The minimum Gasteiger partial charge on any atom is -0.454 e. The first kappa shape index (κ1) is 24.2. The van der Waals surface area contributed by atoms with Crippen molar-refractivity contribution in [2.45, 2.75) is 0 Å². The van der Waals surface area contributed by atoms with E-state index in [0.717, 1.165) is 44.5 Å². The number of pyridine rings is 1. The van der Waals surface area contributed by atoms with Crippen LogP contribution < -0.4 is 4.90 Å². The molecule has 0 N–H and O–H groups in total. The van der Waals surface area contributed by atoms with Crippen LogP contribution in [0.2, 0.25) is 0 Å². The minimum absolute atomic E-state index is 0.790. The Balaban J connectivity index is 1.24. The average Bonchev–Trinajstić information content (AvgIpc) is 3.76. The van der Waals surface area contributed by atoms with Crippen molar-refractivity contribution in [2.75, 3.05) is 4.90 Å². The molecule has 0 radical (unpaired) electrons. The zero-order valence-electron chi connectivity index (χ0n) is 23.3. The van der Waals surface area contributed by atoms with E-state index >= 15 is 0 Å². The van der Waals surface area contributed by atoms with Crippen molar-refractivity contribution < 1.29 is 4.42 Å². The minimum atomic E-state index is 0.790. The maximum atomic E-state index is 6.42. The van der Waals surface area contributed by atoms with Gasteiger partial charge in [-0.25, -0.2) is 4.98 Å². The van der Waals surface area contributed by atoms with Gasteiger partial charge in [-0.2, -0.15) is 0 Å². The Kier molecular flexibility index (Phi) is 5.03. The number of fused-ring (bicyclic) bond motifs is 11. The molecule has 44 heavy (non-hydrogen) atoms. The molecule has 10 aromatic rings. The summed E-state index contributed by atoms with van der Waals surface area (Å²) >= 11 is 3.68. The van der Waals surface area contributed by atoms with Crippen LogP contribution in [0.1, 0.15) is 0 Å². The Morgan fingerprint density at radius 2 is 1.07 bits per heavy atom. The fraction of sp³-hybridized carbons (Fsp3) is 0. The van der Waals surface area contributed by atoms with E-state index in [0.29, 0.717) is 0 Å². The highest BCUT2D eigenvalue weighted by Gasteiger charge is 2.20. The largest absolute Gasteiger partial charge is 0.454 e. The van der Waals surface area contributed by atoms with Gasteiger partial charge >= 0.3 is 0 Å². The molecule has 0 fully saturated rings. The monoisotopic (exact) mass is 598 g/mol. The zero-order valence-corrected chi connectivity index (χ0v) is 25.0. The molecule has 0 spiro atoms. The summed E-state index contributed by atoms with van der Waals surface area (Å²) in [6.45, 7) is 0. The predicted molar refractivity (Wildman–Crippen MR) is 189 cm³/mol. The van der Waals surface area contributed by atoms with Crippen LogP contribution in [-0.4, -0.2) is 4.98 Å². The lowest BCUT2D eigenvalue weighted by atomic mass is 10.1. The molecule has 4 aromatic heterocycles. The number of anilines is 3. The molecule has 3 nitrogen and oxygen atoms in total. The van der Waals surface area contributed by atoms with Crippen molar-refractivity contribution in [2.24, 2.45) is 0 Å². The van der Waals surface area contributed by atoms with Crippen LogP contribution in [0, 0.1) is 0 Å². The van der Waals surface area contributed by atoms with Gasteiger partial charge in [-0.3, -0.25) is 4.90 Å². The Hall–Kier alpha value is -5.23. The van der Waals surface area contributed by atoms with E-state index in [1.54, 1.807) is 0 Å². The van der Waals surface area contributed by atoms with Crippen molar-refractivity contribution in [1.29, 1.82) is 0 Å². The summed E-state index contributed by atoms with van der Waals surface area (Å²) in [5.74, 6) is 0.853. The summed E-state index contributed by atoms with van der Waals surface area (Å²) in [5.41, 5.74) is 3.84. The second kappa shape index (κ2) is 9.13. The van der Waals surface area contributed by atoms with Crippen molar-refractivity contribution in [3.8, 4) is 0 Å². The van der Waals surface area contributed by atoms with Crippen LogP contribution in [0.3, 0.4) is 0 Å². The lowest BCUT2D eigenvalue weighted by Gasteiger charge is -2.24. The molecule has 0 aliphatic carbocycles. The van der Waals surface area contributed by atoms with Gasteiger partial charge in [0.15, 0.2) is 5.58 Å². The molecule has 0 unspecified atom stereocenters. The van der Waals surface area contributed by atoms with Gasteiger partial charge in [0.1, 0.15) is 11.4 Å². The quantitative estimate of drug-likeness (QED) is 0.203. The van der Waals surface area contributed by atoms with Crippen LogP contribution in [0.5, 0.6) is 0 Å². The van der Waals surface area contributed by atoms with Crippen LogP contribution in [0.15, 0.2) is 138 Å². The molecule has 0 aliphatic heterocycles. The molecule has 4 heterocycles. The molecule has 6 aromatic carbocycles. The maximum Gasteiger partial charge on any atom is 0.153 e. The van der Waals surface area contributed by atoms with E-state index in [2.05, 4.69) is 132 Å². The fourth-order valence-corrected chi connectivity index (χ4v) is 8.81. The molecule has 206 valence electrons. The molecule has 0 saturated carbocycles. The summed E-state index contributed by atoms with van der Waals surface area (Å²) < 4.78 is 11.6. The van der Waals surface area contributed by atoms with Crippen molar-refractivity contribution in [1.82, 2.24) is 4.98 Å². The van der Waals surface area contributed by atoms with Gasteiger partial charge in [0, 0.05) is 67.9 Å². The maximum absolute atomic E-state index is 6.42. The Morgan fingerprint density at radius 3 is 1.75 bits per heavy atom. The van der Waals surface area contributed by atoms with Gasteiger partial charge in [-0.1, -0.05) is 66.7 Å². The van der Waals surface area contributed by atoms with Crippen molar-refractivity contribution in [3.63, 3.8) is 0 Å². The number of aromatic nitrogens is 1. The molecular formula is C39H22N2OS2. The topological polar surface area (TPSA) is 29.3 Å². The molecule has 0 aliphatic rings. The summed E-state index contributed by atoms with van der Waals surface area (Å²) in [6, 6.07) is 45.8. The predicted octanol–water partition coefficient (Wildman–Crippen LogP) is 12.3. The van der Waals surface area contributed by atoms with Gasteiger partial charge in [-0.15, -0.1) is 22.7 Å². The third kappa shape index (κ3) is 3.51. The molecule has 0 atom stereocenters. The third-order valence-electron chi connectivity index (χ3n) is 8.70. The van der Waals surface area contributed by atoms with Gasteiger partial charge in [0.2, 0.25) is 0 Å². The van der Waals surface area contributed by atoms with E-state index in [1.165, 1.54) is 45.7 Å². The number of benzene rings is 6. The van der Waals surface area contributed by atoms with Crippen LogP contribution in [0.25, 0.3) is 73.1 Å². The molecule has 0 amide bonds. The second-order valence-electron chi connectivity index (χ2n) is 11.2. The smallest absolute Gasteiger partial charge is 0.153 e. The Bertz CT molecular complexity index is 2640. The molecule has 5 heteroatoms. The third-order valence-corrected chi connectivity index (χ3v) is 11.0. The van der Waals surface area contributed by atoms with Gasteiger partial charge in [0.25, 0.3) is 0 Å². The standard InChI is InChI=1S/C39H22N2OS2/c1-2-8-26-23(7-1)13-16-29-30-21-38(40-22-33(30)42-39(26)29)41(24-14-17-36-31(19-24)27-9-3-5-11-34(27)43-36)25-15-18-37-32(20-25)28-10-4-6-12-35(28)44-37/h1-22H. The lowest BCUT2D eigenvalue weighted by molar-refractivity contribution is 0.670. The van der Waals surface area contributed by atoms with Crippen LogP contribution in [0.4, 0.5) is 17.2 Å². The Labute approximate surface area is 259 Å². The lowest BCUT2D eigenvalue weighted by Crippen LogP contribution is -2.11. The summed E-state index contributed by atoms with van der Waals surface area (Å²) in [6.07, 6.45) is 1.88. The van der Waals surface area contributed by atoms with E-state index in [4.69, 9.17) is 9.40 Å². The van der Waals surface area contributed by atoms with E-state index < -0.39 is 0 Å². The highest BCUT2D eigenvalue weighted by molar-refractivity contribution is 7.26. The van der Waals surface area contributed by atoms with E-state index in [9.17, 15) is 0 Å². The molecule has 10 rings (SSSR count). The zero-order chi connectivity index (χ0) is 28.8. The number of nitrogens with zero attached hydrogens (tertiary/aromatic N) is 2. The van der Waals surface area contributed by atoms with Crippen molar-refractivity contribution >= 4 is 113 Å².